The Labute approximate surface area is 159 Å². The number of carbonyl (C=O) groups excluding carboxylic acids is 2. The van der Waals surface area contributed by atoms with E-state index < -0.39 is 17.6 Å². The summed E-state index contributed by atoms with van der Waals surface area (Å²) in [4.78, 5) is 35.6. The highest BCUT2D eigenvalue weighted by Gasteiger charge is 2.30. The number of aromatic nitrogens is 2. The zero-order valence-electron chi connectivity index (χ0n) is 15.0. The first-order chi connectivity index (χ1) is 13.2. The fourth-order valence-electron chi connectivity index (χ4n) is 2.77. The molecular formula is C18H18F3N5O2. The summed E-state index contributed by atoms with van der Waals surface area (Å²) in [5.74, 6) is -0.0437. The van der Waals surface area contributed by atoms with Crippen molar-refractivity contribution in [3.05, 3.63) is 47.8 Å². The van der Waals surface area contributed by atoms with Crippen LogP contribution in [0.4, 0.5) is 24.8 Å². The average Bonchev–Trinajstić information content (AvgIpc) is 2.68. The van der Waals surface area contributed by atoms with E-state index in [9.17, 15) is 22.8 Å². The van der Waals surface area contributed by atoms with Crippen molar-refractivity contribution in [3.8, 4) is 0 Å². The minimum absolute atomic E-state index is 0.0239. The molecule has 28 heavy (non-hydrogen) atoms. The molecule has 0 radical (unpaired) electrons. The van der Waals surface area contributed by atoms with E-state index in [0.29, 0.717) is 32.1 Å². The Balaban J connectivity index is 1.60. The second kappa shape index (κ2) is 7.83. The molecule has 1 aromatic heterocycles. The largest absolute Gasteiger partial charge is 0.416 e. The second-order valence-corrected chi connectivity index (χ2v) is 6.29. The lowest BCUT2D eigenvalue weighted by Crippen LogP contribution is -2.48. The van der Waals surface area contributed by atoms with E-state index in [-0.39, 0.29) is 17.2 Å². The highest BCUT2D eigenvalue weighted by atomic mass is 19.4. The Hall–Kier alpha value is -3.17. The van der Waals surface area contributed by atoms with Crippen LogP contribution in [0.1, 0.15) is 22.8 Å². The maximum atomic E-state index is 12.6. The lowest BCUT2D eigenvalue weighted by molar-refractivity contribution is -0.137. The molecule has 2 aromatic rings. The lowest BCUT2D eigenvalue weighted by atomic mass is 10.2. The Morgan fingerprint density at radius 3 is 2.07 bits per heavy atom. The smallest absolute Gasteiger partial charge is 0.339 e. The van der Waals surface area contributed by atoms with Gasteiger partial charge in [-0.2, -0.15) is 13.2 Å². The minimum atomic E-state index is -4.43. The molecular weight excluding hydrogens is 375 g/mol. The molecule has 0 bridgehead atoms. The molecule has 0 unspecified atom stereocenters. The number of amides is 2. The van der Waals surface area contributed by atoms with Crippen LogP contribution in [-0.4, -0.2) is 52.9 Å². The average molecular weight is 393 g/mol. The number of halogens is 3. The van der Waals surface area contributed by atoms with E-state index in [1.807, 2.05) is 4.90 Å². The molecule has 0 saturated carbocycles. The first-order valence-electron chi connectivity index (χ1n) is 8.55. The predicted molar refractivity (Wildman–Crippen MR) is 95.9 cm³/mol. The number of nitrogens with zero attached hydrogens (tertiary/aromatic N) is 4. The van der Waals surface area contributed by atoms with Crippen LogP contribution in [0.2, 0.25) is 0 Å². The maximum Gasteiger partial charge on any atom is 0.416 e. The number of benzene rings is 1. The van der Waals surface area contributed by atoms with Gasteiger partial charge >= 0.3 is 6.18 Å². The molecule has 0 spiro atoms. The number of hydrogen-bond acceptors (Lipinski definition) is 5. The molecule has 2 heterocycles. The molecule has 2 amide bonds. The molecule has 1 aliphatic rings. The summed E-state index contributed by atoms with van der Waals surface area (Å²) in [5, 5.41) is 2.51. The van der Waals surface area contributed by atoms with E-state index in [2.05, 4.69) is 15.3 Å². The van der Waals surface area contributed by atoms with Crippen LogP contribution in [0.3, 0.4) is 0 Å². The van der Waals surface area contributed by atoms with Crippen LogP contribution < -0.4 is 10.2 Å². The van der Waals surface area contributed by atoms with Crippen molar-refractivity contribution in [1.82, 2.24) is 14.9 Å². The second-order valence-electron chi connectivity index (χ2n) is 6.29. The molecule has 1 fully saturated rings. The van der Waals surface area contributed by atoms with Crippen molar-refractivity contribution in [3.63, 3.8) is 0 Å². The zero-order valence-corrected chi connectivity index (χ0v) is 15.0. The maximum absolute atomic E-state index is 12.6. The summed E-state index contributed by atoms with van der Waals surface area (Å²) in [6.07, 6.45) is -1.71. The molecule has 0 aliphatic carbocycles. The molecule has 1 aliphatic heterocycles. The first-order valence-corrected chi connectivity index (χ1v) is 8.55. The van der Waals surface area contributed by atoms with Gasteiger partial charge in [0, 0.05) is 51.2 Å². The van der Waals surface area contributed by atoms with Crippen molar-refractivity contribution < 1.29 is 22.8 Å². The Morgan fingerprint density at radius 2 is 1.57 bits per heavy atom. The van der Waals surface area contributed by atoms with Gasteiger partial charge in [-0.05, 0) is 24.3 Å². The van der Waals surface area contributed by atoms with Gasteiger partial charge in [0.2, 0.25) is 11.9 Å². The van der Waals surface area contributed by atoms with E-state index in [1.165, 1.54) is 31.5 Å². The number of anilines is 2. The highest BCUT2D eigenvalue weighted by Crippen LogP contribution is 2.29. The van der Waals surface area contributed by atoms with Crippen LogP contribution in [0, 0.1) is 0 Å². The third kappa shape index (κ3) is 4.56. The number of piperazine rings is 1. The standard InChI is InChI=1S/C18H18F3N5O2/c1-12(27)25-6-8-26(9-7-25)17-22-10-13(11-23-17)16(28)24-15-4-2-14(3-5-15)18(19,20)21/h2-5,10-11H,6-9H2,1H3,(H,24,28). The first kappa shape index (κ1) is 19.6. The van der Waals surface area contributed by atoms with Gasteiger partial charge < -0.3 is 15.1 Å². The number of carbonyl (C=O) groups is 2. The molecule has 1 aromatic carbocycles. The molecule has 1 saturated heterocycles. The molecule has 1 N–H and O–H groups in total. The van der Waals surface area contributed by atoms with Crippen LogP contribution >= 0.6 is 0 Å². The van der Waals surface area contributed by atoms with Gasteiger partial charge in [0.1, 0.15) is 0 Å². The van der Waals surface area contributed by atoms with Gasteiger partial charge in [-0.25, -0.2) is 9.97 Å². The van der Waals surface area contributed by atoms with Gasteiger partial charge in [0.05, 0.1) is 11.1 Å². The SMILES string of the molecule is CC(=O)N1CCN(c2ncc(C(=O)Nc3ccc(C(F)(F)F)cc3)cn2)CC1. The number of alkyl halides is 3. The van der Waals surface area contributed by atoms with Crippen molar-refractivity contribution in [2.24, 2.45) is 0 Å². The number of hydrogen-bond donors (Lipinski definition) is 1. The van der Waals surface area contributed by atoms with Crippen LogP contribution in [0.15, 0.2) is 36.7 Å². The van der Waals surface area contributed by atoms with E-state index in [1.54, 1.807) is 4.90 Å². The quantitative estimate of drug-likeness (QED) is 0.867. The van der Waals surface area contributed by atoms with Gasteiger partial charge in [-0.1, -0.05) is 0 Å². The van der Waals surface area contributed by atoms with E-state index in [0.717, 1.165) is 12.1 Å². The summed E-state index contributed by atoms with van der Waals surface area (Å²) < 4.78 is 37.7. The van der Waals surface area contributed by atoms with Gasteiger partial charge in [0.15, 0.2) is 0 Å². The monoisotopic (exact) mass is 393 g/mol. The molecule has 148 valence electrons. The Morgan fingerprint density at radius 1 is 1.00 bits per heavy atom. The summed E-state index contributed by atoms with van der Waals surface area (Å²) in [5.41, 5.74) is -0.364. The molecule has 0 atom stereocenters. The van der Waals surface area contributed by atoms with Gasteiger partial charge in [0.25, 0.3) is 5.91 Å². The third-order valence-corrected chi connectivity index (χ3v) is 4.38. The summed E-state index contributed by atoms with van der Waals surface area (Å²) in [6.45, 7) is 3.87. The van der Waals surface area contributed by atoms with Crippen LogP contribution in [0.5, 0.6) is 0 Å². The topological polar surface area (TPSA) is 78.4 Å². The Kier molecular flexibility index (Phi) is 5.48. The van der Waals surface area contributed by atoms with Crippen molar-refractivity contribution in [2.45, 2.75) is 13.1 Å². The minimum Gasteiger partial charge on any atom is -0.339 e. The van der Waals surface area contributed by atoms with Crippen LogP contribution in [-0.2, 0) is 11.0 Å². The molecule has 7 nitrogen and oxygen atoms in total. The fraction of sp³-hybridized carbons (Fsp3) is 0.333. The van der Waals surface area contributed by atoms with E-state index in [4.69, 9.17) is 0 Å². The van der Waals surface area contributed by atoms with Crippen molar-refractivity contribution >= 4 is 23.5 Å². The summed E-state index contributed by atoms with van der Waals surface area (Å²) >= 11 is 0. The van der Waals surface area contributed by atoms with Crippen LogP contribution in [0.25, 0.3) is 0 Å². The fourth-order valence-corrected chi connectivity index (χ4v) is 2.77. The van der Waals surface area contributed by atoms with Crippen molar-refractivity contribution in [1.29, 1.82) is 0 Å². The van der Waals surface area contributed by atoms with Crippen molar-refractivity contribution in [2.75, 3.05) is 36.4 Å². The zero-order chi connectivity index (χ0) is 20.3. The van der Waals surface area contributed by atoms with Gasteiger partial charge in [-0.15, -0.1) is 0 Å². The molecule has 3 rings (SSSR count). The molecule has 10 heteroatoms. The van der Waals surface area contributed by atoms with Gasteiger partial charge in [-0.3, -0.25) is 9.59 Å². The lowest BCUT2D eigenvalue weighted by Gasteiger charge is -2.34. The third-order valence-electron chi connectivity index (χ3n) is 4.38. The van der Waals surface area contributed by atoms with E-state index >= 15 is 0 Å². The highest BCUT2D eigenvalue weighted by molar-refractivity contribution is 6.03. The summed E-state index contributed by atoms with van der Waals surface area (Å²) in [6, 6.07) is 4.17. The normalized spacial score (nSPS) is 14.7. The predicted octanol–water partition coefficient (Wildman–Crippen LogP) is 2.42. The summed E-state index contributed by atoms with van der Waals surface area (Å²) in [7, 11) is 0. The number of rotatable bonds is 3. The number of nitrogens with one attached hydrogen (secondary N) is 1. The Bertz CT molecular complexity index is 845.